The van der Waals surface area contributed by atoms with Crippen molar-refractivity contribution < 1.29 is 19.2 Å². The van der Waals surface area contributed by atoms with E-state index in [9.17, 15) is 14.9 Å². The van der Waals surface area contributed by atoms with Crippen LogP contribution in [0.5, 0.6) is 11.5 Å². The molecule has 0 aliphatic carbocycles. The summed E-state index contributed by atoms with van der Waals surface area (Å²) in [6, 6.07) is 11.0. The topological polar surface area (TPSA) is 129 Å². The molecule has 10 nitrogen and oxygen atoms in total. The van der Waals surface area contributed by atoms with Crippen LogP contribution in [0.25, 0.3) is 0 Å². The van der Waals surface area contributed by atoms with Crippen LogP contribution in [0.2, 0.25) is 0 Å². The van der Waals surface area contributed by atoms with Crippen molar-refractivity contribution in [3.05, 3.63) is 63.7 Å². The minimum Gasteiger partial charge on any atom is -0.493 e. The predicted octanol–water partition coefficient (Wildman–Crippen LogP) is 3.33. The Balaban J connectivity index is 1.61. The van der Waals surface area contributed by atoms with Crippen molar-refractivity contribution in [2.45, 2.75) is 6.54 Å². The molecule has 1 heterocycles. The minimum atomic E-state index is -0.558. The van der Waals surface area contributed by atoms with E-state index in [-0.39, 0.29) is 16.4 Å². The number of hydrogen-bond donors (Lipinski definition) is 2. The summed E-state index contributed by atoms with van der Waals surface area (Å²) in [6.07, 6.45) is 0. The van der Waals surface area contributed by atoms with E-state index in [1.807, 2.05) is 12.1 Å². The molecular weight excluding hydrogens is 398 g/mol. The van der Waals surface area contributed by atoms with Crippen LogP contribution in [0.4, 0.5) is 16.0 Å². The molecule has 29 heavy (non-hydrogen) atoms. The molecule has 150 valence electrons. The molecule has 3 aromatic rings. The number of aromatic nitrogens is 2. The second-order valence-electron chi connectivity index (χ2n) is 5.72. The SMILES string of the molecule is COc1ccc(CNc2nnc(NC(=O)c3cccc([N+](=O)[O-])c3)s2)cc1OC. The van der Waals surface area contributed by atoms with Crippen LogP contribution in [-0.2, 0) is 6.54 Å². The lowest BCUT2D eigenvalue weighted by Crippen LogP contribution is -2.11. The van der Waals surface area contributed by atoms with Crippen molar-refractivity contribution >= 4 is 33.2 Å². The zero-order chi connectivity index (χ0) is 20.8. The van der Waals surface area contributed by atoms with Crippen LogP contribution in [0.15, 0.2) is 42.5 Å². The van der Waals surface area contributed by atoms with Gasteiger partial charge in [0.05, 0.1) is 19.1 Å². The van der Waals surface area contributed by atoms with Gasteiger partial charge in [0, 0.05) is 24.2 Å². The molecule has 0 aliphatic heterocycles. The number of amides is 1. The Morgan fingerprint density at radius 2 is 1.86 bits per heavy atom. The number of rotatable bonds is 8. The smallest absolute Gasteiger partial charge is 0.270 e. The normalized spacial score (nSPS) is 10.3. The van der Waals surface area contributed by atoms with E-state index in [0.717, 1.165) is 16.9 Å². The largest absolute Gasteiger partial charge is 0.493 e. The third-order valence-electron chi connectivity index (χ3n) is 3.86. The summed E-state index contributed by atoms with van der Waals surface area (Å²) in [4.78, 5) is 22.5. The van der Waals surface area contributed by atoms with Gasteiger partial charge in [-0.15, -0.1) is 10.2 Å². The number of non-ortho nitro benzene ring substituents is 1. The van der Waals surface area contributed by atoms with Crippen LogP contribution >= 0.6 is 11.3 Å². The Bertz CT molecular complexity index is 1040. The van der Waals surface area contributed by atoms with Gasteiger partial charge in [0.2, 0.25) is 10.3 Å². The summed E-state index contributed by atoms with van der Waals surface area (Å²) in [7, 11) is 3.14. The Labute approximate surface area is 169 Å². The monoisotopic (exact) mass is 415 g/mol. The molecule has 0 aliphatic rings. The van der Waals surface area contributed by atoms with Gasteiger partial charge in [0.1, 0.15) is 0 Å². The van der Waals surface area contributed by atoms with Gasteiger partial charge in [-0.05, 0) is 23.8 Å². The number of methoxy groups -OCH3 is 2. The molecule has 11 heteroatoms. The van der Waals surface area contributed by atoms with E-state index in [4.69, 9.17) is 9.47 Å². The van der Waals surface area contributed by atoms with Gasteiger partial charge in [-0.1, -0.05) is 23.5 Å². The average Bonchev–Trinajstić information content (AvgIpc) is 3.19. The molecule has 1 aromatic heterocycles. The fourth-order valence-corrected chi connectivity index (χ4v) is 3.08. The van der Waals surface area contributed by atoms with Crippen molar-refractivity contribution in [2.24, 2.45) is 0 Å². The van der Waals surface area contributed by atoms with Gasteiger partial charge in [-0.25, -0.2) is 0 Å². The highest BCUT2D eigenvalue weighted by Gasteiger charge is 2.14. The zero-order valence-corrected chi connectivity index (χ0v) is 16.4. The molecular formula is C18H17N5O5S. The molecule has 0 bridgehead atoms. The number of benzene rings is 2. The highest BCUT2D eigenvalue weighted by molar-refractivity contribution is 7.19. The standard InChI is InChI=1S/C18H17N5O5S/c1-27-14-7-6-11(8-15(14)28-2)10-19-17-21-22-18(29-17)20-16(24)12-4-3-5-13(9-12)23(25)26/h3-9H,10H2,1-2H3,(H,19,21)(H,20,22,24). The summed E-state index contributed by atoms with van der Waals surface area (Å²) >= 11 is 1.15. The maximum absolute atomic E-state index is 12.3. The lowest BCUT2D eigenvalue weighted by atomic mass is 10.2. The van der Waals surface area contributed by atoms with Gasteiger partial charge in [-0.2, -0.15) is 0 Å². The summed E-state index contributed by atoms with van der Waals surface area (Å²) in [6.45, 7) is 0.466. The molecule has 0 atom stereocenters. The maximum Gasteiger partial charge on any atom is 0.270 e. The Kier molecular flexibility index (Phi) is 6.19. The van der Waals surface area contributed by atoms with E-state index in [2.05, 4.69) is 20.8 Å². The van der Waals surface area contributed by atoms with E-state index in [0.29, 0.717) is 23.2 Å². The van der Waals surface area contributed by atoms with Crippen LogP contribution in [0.3, 0.4) is 0 Å². The molecule has 0 saturated heterocycles. The Morgan fingerprint density at radius 1 is 1.10 bits per heavy atom. The van der Waals surface area contributed by atoms with E-state index in [1.165, 1.54) is 24.3 Å². The van der Waals surface area contributed by atoms with Gasteiger partial charge in [0.15, 0.2) is 11.5 Å². The number of anilines is 2. The lowest BCUT2D eigenvalue weighted by Gasteiger charge is -2.09. The molecule has 0 radical (unpaired) electrons. The van der Waals surface area contributed by atoms with Crippen LogP contribution in [0.1, 0.15) is 15.9 Å². The molecule has 3 rings (SSSR count). The van der Waals surface area contributed by atoms with Gasteiger partial charge < -0.3 is 14.8 Å². The molecule has 2 N–H and O–H groups in total. The lowest BCUT2D eigenvalue weighted by molar-refractivity contribution is -0.384. The van der Waals surface area contributed by atoms with E-state index < -0.39 is 10.8 Å². The van der Waals surface area contributed by atoms with Crippen molar-refractivity contribution in [1.29, 1.82) is 0 Å². The molecule has 0 unspecified atom stereocenters. The fourth-order valence-electron chi connectivity index (χ4n) is 2.44. The predicted molar refractivity (Wildman–Crippen MR) is 108 cm³/mol. The number of carbonyl (C=O) groups is 1. The molecule has 1 amide bonds. The summed E-state index contributed by atoms with van der Waals surface area (Å²) in [5.74, 6) is 0.753. The van der Waals surface area contributed by atoms with E-state index in [1.54, 1.807) is 20.3 Å². The summed E-state index contributed by atoms with van der Waals surface area (Å²) in [5, 5.41) is 25.2. The molecule has 2 aromatic carbocycles. The summed E-state index contributed by atoms with van der Waals surface area (Å²) < 4.78 is 10.5. The first-order valence-electron chi connectivity index (χ1n) is 8.34. The number of nitrogens with zero attached hydrogens (tertiary/aromatic N) is 3. The number of nitrogens with one attached hydrogen (secondary N) is 2. The minimum absolute atomic E-state index is 0.160. The highest BCUT2D eigenvalue weighted by Crippen LogP contribution is 2.28. The van der Waals surface area contributed by atoms with Crippen molar-refractivity contribution in [1.82, 2.24) is 10.2 Å². The second kappa shape index (κ2) is 8.97. The van der Waals surface area contributed by atoms with Crippen molar-refractivity contribution in [3.8, 4) is 11.5 Å². The molecule has 0 spiro atoms. The quantitative estimate of drug-likeness (QED) is 0.423. The van der Waals surface area contributed by atoms with Gasteiger partial charge in [0.25, 0.3) is 11.6 Å². The third-order valence-corrected chi connectivity index (χ3v) is 4.65. The third kappa shape index (κ3) is 4.96. The Hall–Kier alpha value is -3.73. The van der Waals surface area contributed by atoms with Crippen molar-refractivity contribution in [3.63, 3.8) is 0 Å². The van der Waals surface area contributed by atoms with Crippen LogP contribution < -0.4 is 20.1 Å². The number of nitro groups is 1. The number of nitro benzene ring substituents is 1. The van der Waals surface area contributed by atoms with Crippen LogP contribution in [0, 0.1) is 10.1 Å². The van der Waals surface area contributed by atoms with Crippen LogP contribution in [-0.4, -0.2) is 35.2 Å². The first-order valence-corrected chi connectivity index (χ1v) is 9.16. The van der Waals surface area contributed by atoms with Gasteiger partial charge in [-0.3, -0.25) is 20.2 Å². The second-order valence-corrected chi connectivity index (χ2v) is 6.69. The number of carbonyl (C=O) groups excluding carboxylic acids is 1. The first-order chi connectivity index (χ1) is 14.0. The number of hydrogen-bond acceptors (Lipinski definition) is 9. The highest BCUT2D eigenvalue weighted by atomic mass is 32.1. The number of ether oxygens (including phenoxy) is 2. The zero-order valence-electron chi connectivity index (χ0n) is 15.5. The fraction of sp³-hybridized carbons (Fsp3) is 0.167. The van der Waals surface area contributed by atoms with Crippen molar-refractivity contribution in [2.75, 3.05) is 24.9 Å². The molecule has 0 fully saturated rings. The molecule has 0 saturated carbocycles. The summed E-state index contributed by atoms with van der Waals surface area (Å²) in [5.41, 5.74) is 0.946. The van der Waals surface area contributed by atoms with Gasteiger partial charge >= 0.3 is 0 Å². The average molecular weight is 415 g/mol. The maximum atomic E-state index is 12.3. The Morgan fingerprint density at radius 3 is 2.59 bits per heavy atom. The first kappa shape index (κ1) is 20.0. The van der Waals surface area contributed by atoms with E-state index >= 15 is 0 Å².